The van der Waals surface area contributed by atoms with E-state index in [9.17, 15) is 4.79 Å². The number of benzene rings is 1. The van der Waals surface area contributed by atoms with Crippen molar-refractivity contribution in [3.8, 4) is 11.4 Å². The summed E-state index contributed by atoms with van der Waals surface area (Å²) in [6.07, 6.45) is 4.88. The maximum atomic E-state index is 12.2. The van der Waals surface area contributed by atoms with Crippen LogP contribution in [-0.4, -0.2) is 52.0 Å². The quantitative estimate of drug-likeness (QED) is 0.627. The normalized spacial score (nSPS) is 20.7. The molecule has 0 bridgehead atoms. The van der Waals surface area contributed by atoms with Gasteiger partial charge in [-0.05, 0) is 86.9 Å². The minimum absolute atomic E-state index is 0.0469. The molecule has 176 valence electrons. The molecule has 33 heavy (non-hydrogen) atoms. The molecule has 6 heteroatoms. The van der Waals surface area contributed by atoms with Crippen LogP contribution in [0.5, 0.6) is 0 Å². The van der Waals surface area contributed by atoms with Gasteiger partial charge in [0.05, 0.1) is 12.3 Å². The fourth-order valence-electron chi connectivity index (χ4n) is 5.78. The Labute approximate surface area is 195 Å². The number of piperidine rings is 1. The van der Waals surface area contributed by atoms with Crippen molar-refractivity contribution in [1.82, 2.24) is 19.7 Å². The Morgan fingerprint density at radius 1 is 1.15 bits per heavy atom. The minimum Gasteiger partial charge on any atom is -0.380 e. The van der Waals surface area contributed by atoms with E-state index in [0.717, 1.165) is 43.2 Å². The lowest BCUT2D eigenvalue weighted by atomic mass is 9.87. The number of aryl methyl sites for hydroxylation is 2. The number of hydrogen-bond acceptors (Lipinski definition) is 4. The number of ether oxygens (including phenoxy) is 1. The van der Waals surface area contributed by atoms with Crippen molar-refractivity contribution in [1.29, 1.82) is 0 Å². The maximum Gasteiger partial charge on any atom is 0.269 e. The lowest BCUT2D eigenvalue weighted by Gasteiger charge is -2.39. The molecule has 0 aliphatic carbocycles. The third kappa shape index (κ3) is 4.26. The summed E-state index contributed by atoms with van der Waals surface area (Å²) in [5.74, 6) is 0.947. The SMILES string of the molecule is Cc1cc(-c2[nH]c3ccc(C4CCN(C5CCCOC5)CC4)cc3c2C(C)C)nn(C)c1=O. The van der Waals surface area contributed by atoms with Crippen LogP contribution in [-0.2, 0) is 11.8 Å². The van der Waals surface area contributed by atoms with Crippen LogP contribution in [0, 0.1) is 6.92 Å². The molecule has 1 unspecified atom stereocenters. The van der Waals surface area contributed by atoms with E-state index in [4.69, 9.17) is 4.74 Å². The van der Waals surface area contributed by atoms with E-state index >= 15 is 0 Å². The van der Waals surface area contributed by atoms with E-state index in [2.05, 4.69) is 47.0 Å². The van der Waals surface area contributed by atoms with Crippen molar-refractivity contribution in [3.05, 3.63) is 51.3 Å². The Bertz CT molecular complexity index is 1170. The Hall–Kier alpha value is -2.44. The molecule has 4 heterocycles. The molecule has 5 rings (SSSR count). The number of rotatable bonds is 4. The van der Waals surface area contributed by atoms with Crippen LogP contribution >= 0.6 is 0 Å². The molecule has 2 saturated heterocycles. The third-order valence-electron chi connectivity index (χ3n) is 7.59. The summed E-state index contributed by atoms with van der Waals surface area (Å²) in [5.41, 5.74) is 6.40. The van der Waals surface area contributed by atoms with Crippen LogP contribution in [0.2, 0.25) is 0 Å². The average Bonchev–Trinajstić information content (AvgIpc) is 3.22. The molecule has 2 aromatic heterocycles. The summed E-state index contributed by atoms with van der Waals surface area (Å²) >= 11 is 0. The highest BCUT2D eigenvalue weighted by Gasteiger charge is 2.28. The van der Waals surface area contributed by atoms with Crippen LogP contribution in [0.15, 0.2) is 29.1 Å². The Balaban J connectivity index is 1.45. The number of aromatic nitrogens is 3. The molecule has 1 N–H and O–H groups in total. The Kier molecular flexibility index (Phi) is 6.14. The van der Waals surface area contributed by atoms with Gasteiger partial charge in [0.2, 0.25) is 0 Å². The summed E-state index contributed by atoms with van der Waals surface area (Å²) in [6.45, 7) is 10.5. The number of likely N-dealkylation sites (tertiary alicyclic amines) is 1. The lowest BCUT2D eigenvalue weighted by Crippen LogP contribution is -2.45. The zero-order chi connectivity index (χ0) is 23.1. The zero-order valence-corrected chi connectivity index (χ0v) is 20.4. The second-order valence-electron chi connectivity index (χ2n) is 10.2. The third-order valence-corrected chi connectivity index (χ3v) is 7.59. The molecule has 1 atom stereocenters. The minimum atomic E-state index is -0.0469. The van der Waals surface area contributed by atoms with Crippen LogP contribution in [0.25, 0.3) is 22.3 Å². The molecule has 2 aliphatic heterocycles. The summed E-state index contributed by atoms with van der Waals surface area (Å²) < 4.78 is 7.16. The number of hydrogen-bond donors (Lipinski definition) is 1. The monoisotopic (exact) mass is 448 g/mol. The highest BCUT2D eigenvalue weighted by Crippen LogP contribution is 2.38. The Morgan fingerprint density at radius 3 is 2.61 bits per heavy atom. The van der Waals surface area contributed by atoms with E-state index < -0.39 is 0 Å². The molecular formula is C27H36N4O2. The van der Waals surface area contributed by atoms with Crippen LogP contribution in [0.3, 0.4) is 0 Å². The number of fused-ring (bicyclic) bond motifs is 1. The van der Waals surface area contributed by atoms with Crippen LogP contribution in [0.1, 0.15) is 68.1 Å². The fraction of sp³-hybridized carbons (Fsp3) is 0.556. The van der Waals surface area contributed by atoms with Gasteiger partial charge in [-0.2, -0.15) is 5.10 Å². The van der Waals surface area contributed by atoms with Crippen molar-refractivity contribution >= 4 is 10.9 Å². The van der Waals surface area contributed by atoms with Gasteiger partial charge in [-0.25, -0.2) is 4.68 Å². The van der Waals surface area contributed by atoms with Crippen molar-refractivity contribution in [3.63, 3.8) is 0 Å². The average molecular weight is 449 g/mol. The molecule has 0 saturated carbocycles. The van der Waals surface area contributed by atoms with Gasteiger partial charge in [-0.3, -0.25) is 9.69 Å². The van der Waals surface area contributed by atoms with Gasteiger partial charge >= 0.3 is 0 Å². The van der Waals surface area contributed by atoms with Crippen LogP contribution < -0.4 is 5.56 Å². The molecule has 0 amide bonds. The van der Waals surface area contributed by atoms with Gasteiger partial charge in [-0.15, -0.1) is 0 Å². The van der Waals surface area contributed by atoms with E-state index in [1.54, 1.807) is 7.05 Å². The first kappa shape index (κ1) is 22.4. The Morgan fingerprint density at radius 2 is 1.94 bits per heavy atom. The second kappa shape index (κ2) is 9.07. The van der Waals surface area contributed by atoms with Crippen molar-refractivity contribution in [2.45, 2.75) is 64.3 Å². The van der Waals surface area contributed by atoms with E-state index in [0.29, 0.717) is 23.4 Å². The van der Waals surface area contributed by atoms with Crippen LogP contribution in [0.4, 0.5) is 0 Å². The molecular weight excluding hydrogens is 412 g/mol. The first-order valence-electron chi connectivity index (χ1n) is 12.4. The number of nitrogens with zero attached hydrogens (tertiary/aromatic N) is 3. The largest absolute Gasteiger partial charge is 0.380 e. The fourth-order valence-corrected chi connectivity index (χ4v) is 5.78. The summed E-state index contributed by atoms with van der Waals surface area (Å²) in [5, 5.41) is 5.85. The molecule has 2 fully saturated rings. The maximum absolute atomic E-state index is 12.2. The summed E-state index contributed by atoms with van der Waals surface area (Å²) in [7, 11) is 1.72. The van der Waals surface area contributed by atoms with Gasteiger partial charge in [0.25, 0.3) is 5.56 Å². The van der Waals surface area contributed by atoms with Crippen molar-refractivity contribution in [2.75, 3.05) is 26.3 Å². The highest BCUT2D eigenvalue weighted by atomic mass is 16.5. The first-order valence-corrected chi connectivity index (χ1v) is 12.4. The predicted molar refractivity (Wildman–Crippen MR) is 133 cm³/mol. The molecule has 6 nitrogen and oxygen atoms in total. The zero-order valence-electron chi connectivity index (χ0n) is 20.4. The number of aromatic amines is 1. The molecule has 2 aliphatic rings. The number of H-pyrrole nitrogens is 1. The smallest absolute Gasteiger partial charge is 0.269 e. The first-order chi connectivity index (χ1) is 15.9. The topological polar surface area (TPSA) is 63.2 Å². The molecule has 0 spiro atoms. The standard InChI is InChI=1S/C27H36N4O2/c1-17(2)25-22-15-20(19-9-11-31(12-10-19)21-6-5-13-33-16-21)7-8-23(22)28-26(25)24-14-18(3)27(32)30(4)29-24/h7-8,14-15,17,19,21,28H,5-6,9-13,16H2,1-4H3. The summed E-state index contributed by atoms with van der Waals surface area (Å²) in [6, 6.07) is 9.46. The highest BCUT2D eigenvalue weighted by molar-refractivity contribution is 5.91. The molecule has 3 aromatic rings. The molecule has 1 aromatic carbocycles. The number of nitrogens with one attached hydrogen (secondary N) is 1. The second-order valence-corrected chi connectivity index (χ2v) is 10.2. The van der Waals surface area contributed by atoms with Gasteiger partial charge in [-0.1, -0.05) is 19.9 Å². The van der Waals surface area contributed by atoms with Gasteiger partial charge in [0.1, 0.15) is 5.69 Å². The summed E-state index contributed by atoms with van der Waals surface area (Å²) in [4.78, 5) is 18.4. The van der Waals surface area contributed by atoms with E-state index in [1.165, 1.54) is 46.9 Å². The van der Waals surface area contributed by atoms with E-state index in [-0.39, 0.29) is 5.56 Å². The van der Waals surface area contributed by atoms with Crippen molar-refractivity contribution < 1.29 is 4.74 Å². The van der Waals surface area contributed by atoms with E-state index in [1.807, 2.05) is 13.0 Å². The van der Waals surface area contributed by atoms with Gasteiger partial charge in [0.15, 0.2) is 0 Å². The lowest BCUT2D eigenvalue weighted by molar-refractivity contribution is 0.00886. The van der Waals surface area contributed by atoms with Gasteiger partial charge < -0.3 is 9.72 Å². The predicted octanol–water partition coefficient (Wildman–Crippen LogP) is 4.72. The van der Waals surface area contributed by atoms with Crippen molar-refractivity contribution in [2.24, 2.45) is 7.05 Å². The molecule has 0 radical (unpaired) electrons. The van der Waals surface area contributed by atoms with Gasteiger partial charge in [0, 0.05) is 36.2 Å².